The van der Waals surface area contributed by atoms with Gasteiger partial charge in [0.1, 0.15) is 5.82 Å². The molecule has 3 rings (SSSR count). The summed E-state index contributed by atoms with van der Waals surface area (Å²) >= 11 is 0. The number of pyridine rings is 1. The van der Waals surface area contributed by atoms with Gasteiger partial charge in [0.05, 0.1) is 18.1 Å². The molecule has 0 bridgehead atoms. The van der Waals surface area contributed by atoms with Gasteiger partial charge in [-0.1, -0.05) is 6.07 Å². The highest BCUT2D eigenvalue weighted by Crippen LogP contribution is 2.18. The normalized spacial score (nSPS) is 25.8. The number of carbonyl (C=O) groups is 1. The molecule has 138 valence electrons. The van der Waals surface area contributed by atoms with Crippen LogP contribution in [0.2, 0.25) is 0 Å². The Morgan fingerprint density at radius 2 is 2.12 bits per heavy atom. The minimum absolute atomic E-state index is 0.0115. The highest BCUT2D eigenvalue weighted by Gasteiger charge is 2.28. The van der Waals surface area contributed by atoms with Gasteiger partial charge < -0.3 is 10.6 Å². The first-order valence-electron chi connectivity index (χ1n) is 8.84. The van der Waals surface area contributed by atoms with Crippen LogP contribution in [0.15, 0.2) is 24.4 Å². The summed E-state index contributed by atoms with van der Waals surface area (Å²) in [6, 6.07) is 5.79. The highest BCUT2D eigenvalue weighted by atomic mass is 32.2. The van der Waals surface area contributed by atoms with Gasteiger partial charge in [0, 0.05) is 25.8 Å². The summed E-state index contributed by atoms with van der Waals surface area (Å²) in [5.74, 6) is 1.91. The fraction of sp³-hybridized carbons (Fsp3) is 0.647. The number of rotatable bonds is 7. The van der Waals surface area contributed by atoms with Crippen LogP contribution in [0.5, 0.6) is 0 Å². The van der Waals surface area contributed by atoms with Crippen molar-refractivity contribution < 1.29 is 13.2 Å². The maximum Gasteiger partial charge on any atom is 0.234 e. The van der Waals surface area contributed by atoms with Gasteiger partial charge in [0.25, 0.3) is 0 Å². The molecule has 1 aromatic rings. The third-order valence-corrected chi connectivity index (χ3v) is 6.73. The Hall–Kier alpha value is -1.67. The fourth-order valence-corrected chi connectivity index (χ4v) is 5.35. The van der Waals surface area contributed by atoms with Crippen molar-refractivity contribution in [2.75, 3.05) is 49.5 Å². The number of nitrogens with zero attached hydrogens (tertiary/aromatic N) is 2. The summed E-state index contributed by atoms with van der Waals surface area (Å²) in [4.78, 5) is 18.5. The molecular formula is C17H26N4O3S. The zero-order valence-corrected chi connectivity index (χ0v) is 15.2. The first kappa shape index (κ1) is 18.1. The topological polar surface area (TPSA) is 91.4 Å². The molecule has 2 aliphatic heterocycles. The second-order valence-electron chi connectivity index (χ2n) is 7.06. The quantitative estimate of drug-likeness (QED) is 0.724. The number of aromatic nitrogens is 1. The molecule has 2 fully saturated rings. The second-order valence-corrected chi connectivity index (χ2v) is 9.29. The highest BCUT2D eigenvalue weighted by molar-refractivity contribution is 7.91. The van der Waals surface area contributed by atoms with Gasteiger partial charge in [0.15, 0.2) is 9.84 Å². The maximum atomic E-state index is 12.1. The molecule has 0 aliphatic carbocycles. The molecule has 0 saturated carbocycles. The molecule has 8 heteroatoms. The predicted octanol–water partition coefficient (Wildman–Crippen LogP) is 0.366. The van der Waals surface area contributed by atoms with Crippen LogP contribution in [0, 0.1) is 11.8 Å². The van der Waals surface area contributed by atoms with E-state index in [1.807, 2.05) is 18.2 Å². The summed E-state index contributed by atoms with van der Waals surface area (Å²) in [7, 11) is -2.88. The van der Waals surface area contributed by atoms with E-state index >= 15 is 0 Å². The summed E-state index contributed by atoms with van der Waals surface area (Å²) in [5.41, 5.74) is 0. The molecule has 1 aromatic heterocycles. The summed E-state index contributed by atoms with van der Waals surface area (Å²) < 4.78 is 22.9. The van der Waals surface area contributed by atoms with E-state index in [9.17, 15) is 13.2 Å². The molecule has 7 nitrogen and oxygen atoms in total. The molecule has 3 heterocycles. The van der Waals surface area contributed by atoms with E-state index in [0.717, 1.165) is 31.9 Å². The van der Waals surface area contributed by atoms with Crippen molar-refractivity contribution >= 4 is 21.6 Å². The van der Waals surface area contributed by atoms with Crippen LogP contribution in [-0.2, 0) is 14.6 Å². The molecule has 2 N–H and O–H groups in total. The lowest BCUT2D eigenvalue weighted by Crippen LogP contribution is -2.38. The Morgan fingerprint density at radius 3 is 2.84 bits per heavy atom. The van der Waals surface area contributed by atoms with Crippen molar-refractivity contribution in [3.8, 4) is 0 Å². The molecule has 0 aromatic carbocycles. The van der Waals surface area contributed by atoms with Crippen LogP contribution >= 0.6 is 0 Å². The smallest absolute Gasteiger partial charge is 0.234 e. The molecule has 1 amide bonds. The van der Waals surface area contributed by atoms with Gasteiger partial charge in [-0.05, 0) is 43.4 Å². The third kappa shape index (κ3) is 5.67. The number of likely N-dealkylation sites (tertiary alicyclic amines) is 1. The lowest BCUT2D eigenvalue weighted by atomic mass is 10.1. The first-order chi connectivity index (χ1) is 12.0. The van der Waals surface area contributed by atoms with Crippen molar-refractivity contribution in [1.82, 2.24) is 15.2 Å². The lowest BCUT2D eigenvalue weighted by Gasteiger charge is -2.17. The predicted molar refractivity (Wildman–Crippen MR) is 97.0 cm³/mol. The minimum atomic E-state index is -2.88. The van der Waals surface area contributed by atoms with Crippen LogP contribution in [0.3, 0.4) is 0 Å². The molecule has 25 heavy (non-hydrogen) atoms. The number of hydrogen-bond acceptors (Lipinski definition) is 6. The van der Waals surface area contributed by atoms with Crippen LogP contribution in [0.1, 0.15) is 12.8 Å². The Labute approximate surface area is 149 Å². The molecule has 2 atom stereocenters. The summed E-state index contributed by atoms with van der Waals surface area (Å²) in [6.07, 6.45) is 3.49. The van der Waals surface area contributed by atoms with Crippen molar-refractivity contribution in [1.29, 1.82) is 0 Å². The lowest BCUT2D eigenvalue weighted by molar-refractivity contribution is -0.122. The fourth-order valence-electron chi connectivity index (χ4n) is 3.49. The molecule has 0 spiro atoms. The van der Waals surface area contributed by atoms with Gasteiger partial charge in [-0.25, -0.2) is 13.4 Å². The van der Waals surface area contributed by atoms with Gasteiger partial charge in [-0.3, -0.25) is 9.69 Å². The maximum absolute atomic E-state index is 12.1. The van der Waals surface area contributed by atoms with Gasteiger partial charge in [0.2, 0.25) is 5.91 Å². The largest absolute Gasteiger partial charge is 0.370 e. The zero-order valence-electron chi connectivity index (χ0n) is 14.4. The van der Waals surface area contributed by atoms with Crippen LogP contribution in [0.25, 0.3) is 0 Å². The number of sulfone groups is 1. The molecule has 2 unspecified atom stereocenters. The monoisotopic (exact) mass is 366 g/mol. The van der Waals surface area contributed by atoms with Crippen LogP contribution < -0.4 is 10.6 Å². The van der Waals surface area contributed by atoms with E-state index in [0.29, 0.717) is 25.4 Å². The summed E-state index contributed by atoms with van der Waals surface area (Å²) in [5, 5.41) is 6.23. The number of carbonyl (C=O) groups excluding carboxylic acids is 1. The average molecular weight is 366 g/mol. The average Bonchev–Trinajstić information content (AvgIpc) is 3.18. The minimum Gasteiger partial charge on any atom is -0.370 e. The van der Waals surface area contributed by atoms with Gasteiger partial charge in [-0.2, -0.15) is 0 Å². The molecule has 0 radical (unpaired) electrons. The molecular weight excluding hydrogens is 340 g/mol. The number of anilines is 1. The van der Waals surface area contributed by atoms with Crippen molar-refractivity contribution in [2.45, 2.75) is 12.8 Å². The molecule has 2 aliphatic rings. The first-order valence-corrected chi connectivity index (χ1v) is 10.7. The number of hydrogen-bond donors (Lipinski definition) is 2. The zero-order chi connectivity index (χ0) is 17.7. The van der Waals surface area contributed by atoms with Gasteiger partial charge in [-0.15, -0.1) is 0 Å². The van der Waals surface area contributed by atoms with E-state index in [2.05, 4.69) is 20.5 Å². The van der Waals surface area contributed by atoms with E-state index in [1.54, 1.807) is 6.20 Å². The Morgan fingerprint density at radius 1 is 1.24 bits per heavy atom. The number of nitrogens with one attached hydrogen (secondary N) is 2. The number of amides is 1. The van der Waals surface area contributed by atoms with E-state index in [4.69, 9.17) is 0 Å². The standard InChI is InChI=1S/C17H26N4O3S/c22-17(20-10-15-5-8-25(23,24)13-15)12-21-7-4-14(11-21)9-19-16-3-1-2-6-18-16/h1-3,6,14-15H,4-5,7-13H2,(H,18,19)(H,20,22). The molecule has 2 saturated heterocycles. The van der Waals surface area contributed by atoms with Crippen molar-refractivity contribution in [3.05, 3.63) is 24.4 Å². The van der Waals surface area contributed by atoms with Crippen molar-refractivity contribution in [2.24, 2.45) is 11.8 Å². The van der Waals surface area contributed by atoms with E-state index in [-0.39, 0.29) is 23.3 Å². The third-order valence-electron chi connectivity index (χ3n) is 4.89. The van der Waals surface area contributed by atoms with Gasteiger partial charge >= 0.3 is 0 Å². The Bertz CT molecular complexity index is 680. The van der Waals surface area contributed by atoms with Crippen molar-refractivity contribution in [3.63, 3.8) is 0 Å². The van der Waals surface area contributed by atoms with E-state index < -0.39 is 9.84 Å². The van der Waals surface area contributed by atoms with Crippen LogP contribution in [0.4, 0.5) is 5.82 Å². The summed E-state index contributed by atoms with van der Waals surface area (Å²) in [6.45, 7) is 3.52. The van der Waals surface area contributed by atoms with E-state index in [1.165, 1.54) is 0 Å². The second kappa shape index (κ2) is 8.14. The van der Waals surface area contributed by atoms with Crippen LogP contribution in [-0.4, -0.2) is 68.4 Å². The Kier molecular flexibility index (Phi) is 5.90. The Balaban J connectivity index is 1.33. The SMILES string of the molecule is O=C(CN1CCC(CNc2ccccn2)C1)NCC1CCS(=O)(=O)C1.